The van der Waals surface area contributed by atoms with Gasteiger partial charge in [-0.25, -0.2) is 0 Å². The van der Waals surface area contributed by atoms with Crippen LogP contribution in [-0.4, -0.2) is 26.0 Å². The molecule has 3 aromatic rings. The molecule has 0 bridgehead atoms. The topological polar surface area (TPSA) is 126 Å². The summed E-state index contributed by atoms with van der Waals surface area (Å²) < 4.78 is 12.2. The van der Waals surface area contributed by atoms with Gasteiger partial charge in [0.2, 0.25) is 0 Å². The van der Waals surface area contributed by atoms with E-state index >= 15 is 0 Å². The number of rotatable bonds is 5. The van der Waals surface area contributed by atoms with Gasteiger partial charge in [-0.3, -0.25) is 14.2 Å². The van der Waals surface area contributed by atoms with Crippen LogP contribution < -0.4 is 16.0 Å². The van der Waals surface area contributed by atoms with Crippen LogP contribution in [0.5, 0.6) is 0 Å². The van der Waals surface area contributed by atoms with Crippen LogP contribution >= 0.6 is 23.5 Å². The molecule has 3 rings (SSSR count). The van der Waals surface area contributed by atoms with E-state index in [4.69, 9.17) is 0 Å². The lowest BCUT2D eigenvalue weighted by Crippen LogP contribution is -2.30. The third-order valence-electron chi connectivity index (χ3n) is 3.69. The minimum atomic E-state index is -4.39. The van der Waals surface area contributed by atoms with Gasteiger partial charge in [0.25, 0.3) is 0 Å². The summed E-state index contributed by atoms with van der Waals surface area (Å²) in [6.45, 7) is 0.207. The fourth-order valence-electron chi connectivity index (χ4n) is 2.66. The Labute approximate surface area is 155 Å². The summed E-state index contributed by atoms with van der Waals surface area (Å²) in [5.74, 6) is 0. The number of hydrogen-bond donors (Lipinski definition) is 4. The Balaban J connectivity index is 2.19. The van der Waals surface area contributed by atoms with E-state index in [9.17, 15) is 23.9 Å². The van der Waals surface area contributed by atoms with Crippen LogP contribution in [-0.2, 0) is 11.1 Å². The van der Waals surface area contributed by atoms with Gasteiger partial charge in [-0.1, -0.05) is 46.3 Å². The highest BCUT2D eigenvalue weighted by Gasteiger charge is 2.22. The number of aromatic nitrogens is 2. The lowest BCUT2D eigenvalue weighted by atomic mass is 10.2. The zero-order valence-electron chi connectivity index (χ0n) is 13.3. The maximum atomic E-state index is 11.8. The number of aromatic amines is 2. The Hall–Kier alpha value is -2.19. The van der Waals surface area contributed by atoms with Gasteiger partial charge in [-0.2, -0.15) is 0 Å². The molecule has 0 amide bonds. The highest BCUT2D eigenvalue weighted by atomic mass is 79.9. The SMILES string of the molecule is O=c1[nH]c2cc(Br)cc(N(Cc3ccccc3)CP(=O)(O)O)c2[nH]c1=O. The third kappa shape index (κ3) is 4.31. The van der Waals surface area contributed by atoms with Crippen LogP contribution in [0.1, 0.15) is 5.56 Å². The fourth-order valence-corrected chi connectivity index (χ4v) is 3.80. The van der Waals surface area contributed by atoms with Crippen LogP contribution in [0.25, 0.3) is 11.0 Å². The normalized spacial score (nSPS) is 11.7. The van der Waals surface area contributed by atoms with Gasteiger partial charge in [0.15, 0.2) is 0 Å². The summed E-state index contributed by atoms with van der Waals surface area (Å²) in [6, 6.07) is 12.4. The van der Waals surface area contributed by atoms with Crippen molar-refractivity contribution in [2.45, 2.75) is 6.54 Å². The van der Waals surface area contributed by atoms with E-state index in [1.165, 1.54) is 4.90 Å². The molecule has 0 radical (unpaired) electrons. The number of hydrogen-bond acceptors (Lipinski definition) is 4. The van der Waals surface area contributed by atoms with E-state index < -0.39 is 25.0 Å². The van der Waals surface area contributed by atoms with Crippen molar-refractivity contribution in [2.75, 3.05) is 11.2 Å². The first kappa shape index (κ1) is 18.6. The summed E-state index contributed by atoms with van der Waals surface area (Å²) in [5.41, 5.74) is 0.226. The predicted molar refractivity (Wildman–Crippen MR) is 102 cm³/mol. The lowest BCUT2D eigenvalue weighted by molar-refractivity contribution is 0.372. The number of nitrogens with one attached hydrogen (secondary N) is 2. The molecule has 0 aliphatic rings. The fraction of sp³-hybridized carbons (Fsp3) is 0.125. The molecule has 26 heavy (non-hydrogen) atoms. The second-order valence-corrected chi connectivity index (χ2v) is 8.27. The summed E-state index contributed by atoms with van der Waals surface area (Å²) in [5, 5.41) is 0. The first-order valence-corrected chi connectivity index (χ1v) is 10.1. The predicted octanol–water partition coefficient (Wildman–Crippen LogP) is 2.12. The van der Waals surface area contributed by atoms with Crippen molar-refractivity contribution in [1.82, 2.24) is 9.97 Å². The number of nitrogens with zero attached hydrogens (tertiary/aromatic N) is 1. The third-order valence-corrected chi connectivity index (χ3v) is 4.85. The van der Waals surface area contributed by atoms with Crippen LogP contribution in [0.2, 0.25) is 0 Å². The molecule has 1 aromatic heterocycles. The van der Waals surface area contributed by atoms with Crippen LogP contribution in [0.3, 0.4) is 0 Å². The van der Waals surface area contributed by atoms with Crippen molar-refractivity contribution >= 4 is 40.2 Å². The number of fused-ring (bicyclic) bond motifs is 1. The quantitative estimate of drug-likeness (QED) is 0.356. The van der Waals surface area contributed by atoms with E-state index in [1.54, 1.807) is 12.1 Å². The van der Waals surface area contributed by atoms with E-state index in [-0.39, 0.29) is 6.54 Å². The monoisotopic (exact) mass is 439 g/mol. The van der Waals surface area contributed by atoms with E-state index in [0.717, 1.165) is 5.56 Å². The Morgan fingerprint density at radius 1 is 1.04 bits per heavy atom. The second kappa shape index (κ2) is 7.20. The minimum Gasteiger partial charge on any atom is -0.354 e. The van der Waals surface area contributed by atoms with E-state index in [2.05, 4.69) is 25.9 Å². The van der Waals surface area contributed by atoms with Crippen molar-refractivity contribution in [1.29, 1.82) is 0 Å². The Kier molecular flexibility index (Phi) is 5.15. The smallest absolute Gasteiger partial charge is 0.344 e. The first-order chi connectivity index (χ1) is 12.2. The molecule has 0 unspecified atom stereocenters. The molecule has 0 saturated carbocycles. The molecule has 2 aromatic carbocycles. The molecule has 0 fully saturated rings. The summed E-state index contributed by atoms with van der Waals surface area (Å²) in [4.78, 5) is 48.8. The van der Waals surface area contributed by atoms with Gasteiger partial charge < -0.3 is 24.7 Å². The number of benzene rings is 2. The van der Waals surface area contributed by atoms with Gasteiger partial charge in [-0.05, 0) is 17.7 Å². The van der Waals surface area contributed by atoms with Crippen molar-refractivity contribution in [3.05, 3.63) is 73.2 Å². The highest BCUT2D eigenvalue weighted by Crippen LogP contribution is 2.39. The molecule has 8 nitrogen and oxygen atoms in total. The van der Waals surface area contributed by atoms with Crippen molar-refractivity contribution in [2.24, 2.45) is 0 Å². The molecule has 0 saturated heterocycles. The van der Waals surface area contributed by atoms with Gasteiger partial charge in [0.1, 0.15) is 6.29 Å². The number of halogens is 1. The second-order valence-electron chi connectivity index (χ2n) is 5.75. The summed E-state index contributed by atoms with van der Waals surface area (Å²) >= 11 is 3.32. The average Bonchev–Trinajstić information content (AvgIpc) is 2.55. The highest BCUT2D eigenvalue weighted by molar-refractivity contribution is 9.10. The van der Waals surface area contributed by atoms with Crippen LogP contribution in [0.15, 0.2) is 56.5 Å². The molecule has 1 heterocycles. The Bertz CT molecular complexity index is 1110. The van der Waals surface area contributed by atoms with Crippen LogP contribution in [0.4, 0.5) is 5.69 Å². The molecular formula is C16H15BrN3O5P. The molecule has 10 heteroatoms. The molecule has 0 aliphatic carbocycles. The van der Waals surface area contributed by atoms with Gasteiger partial charge >= 0.3 is 18.7 Å². The Morgan fingerprint density at radius 3 is 2.35 bits per heavy atom. The minimum absolute atomic E-state index is 0.207. The van der Waals surface area contributed by atoms with Crippen molar-refractivity contribution < 1.29 is 14.4 Å². The zero-order chi connectivity index (χ0) is 18.9. The summed E-state index contributed by atoms with van der Waals surface area (Å²) in [7, 11) is -4.39. The standard InChI is InChI=1S/C16H15BrN3O5P/c17-11-6-12-14(19-16(22)15(21)18-12)13(7-11)20(9-26(23,24)25)8-10-4-2-1-3-5-10/h1-7H,8-9H2,(H,18,21)(H,19,22)(H2,23,24,25). The first-order valence-electron chi connectivity index (χ1n) is 7.52. The zero-order valence-corrected chi connectivity index (χ0v) is 15.8. The largest absolute Gasteiger partial charge is 0.354 e. The molecule has 0 aliphatic heterocycles. The molecule has 136 valence electrons. The maximum absolute atomic E-state index is 11.8. The molecule has 0 spiro atoms. The van der Waals surface area contributed by atoms with Crippen LogP contribution in [0, 0.1) is 0 Å². The van der Waals surface area contributed by atoms with Crippen molar-refractivity contribution in [3.8, 4) is 0 Å². The molecule has 4 N–H and O–H groups in total. The van der Waals surface area contributed by atoms with Gasteiger partial charge in [-0.15, -0.1) is 0 Å². The maximum Gasteiger partial charge on any atom is 0.344 e. The van der Waals surface area contributed by atoms with E-state index in [1.807, 2.05) is 30.3 Å². The van der Waals surface area contributed by atoms with Gasteiger partial charge in [0, 0.05) is 11.0 Å². The number of H-pyrrole nitrogens is 2. The van der Waals surface area contributed by atoms with E-state index in [0.29, 0.717) is 21.2 Å². The summed E-state index contributed by atoms with van der Waals surface area (Å²) in [6.07, 6.45) is -0.547. The Morgan fingerprint density at radius 2 is 1.69 bits per heavy atom. The van der Waals surface area contributed by atoms with Crippen molar-refractivity contribution in [3.63, 3.8) is 0 Å². The average molecular weight is 440 g/mol. The lowest BCUT2D eigenvalue weighted by Gasteiger charge is -2.26. The number of anilines is 1. The molecular weight excluding hydrogens is 425 g/mol. The molecule has 0 atom stereocenters. The van der Waals surface area contributed by atoms with Gasteiger partial charge in [0.05, 0.1) is 16.7 Å².